The van der Waals surface area contributed by atoms with Crippen LogP contribution in [0.5, 0.6) is 0 Å². The molecule has 0 saturated carbocycles. The van der Waals surface area contributed by atoms with Gasteiger partial charge in [-0.3, -0.25) is 0 Å². The normalized spacial score (nSPS) is 13.6. The molecule has 1 aromatic carbocycles. The molecule has 0 saturated heterocycles. The second-order valence-electron chi connectivity index (χ2n) is 4.36. The number of aromatic nitrogens is 2. The van der Waals surface area contributed by atoms with Gasteiger partial charge in [0, 0.05) is 5.75 Å². The molecule has 2 rings (SSSR count). The fraction of sp³-hybridized carbons (Fsp3) is 0.357. The highest BCUT2D eigenvalue weighted by atomic mass is 32.2. The SMILES string of the molecule is CCOC(=O)C(N)(CCSc1ncns1)c1ccccc1. The van der Waals surface area contributed by atoms with Gasteiger partial charge in [-0.05, 0) is 30.4 Å². The first kappa shape index (κ1) is 15.9. The van der Waals surface area contributed by atoms with E-state index < -0.39 is 11.5 Å². The summed E-state index contributed by atoms with van der Waals surface area (Å²) in [5.41, 5.74) is 6.00. The quantitative estimate of drug-likeness (QED) is 0.623. The van der Waals surface area contributed by atoms with Crippen LogP contribution in [0, 0.1) is 0 Å². The molecule has 112 valence electrons. The van der Waals surface area contributed by atoms with Gasteiger partial charge in [0.15, 0.2) is 4.34 Å². The first-order valence-corrected chi connectivity index (χ1v) is 8.34. The summed E-state index contributed by atoms with van der Waals surface area (Å²) in [5.74, 6) is 0.272. The summed E-state index contributed by atoms with van der Waals surface area (Å²) >= 11 is 2.87. The number of thioether (sulfide) groups is 1. The fourth-order valence-corrected chi connectivity index (χ4v) is 3.47. The number of nitrogens with zero attached hydrogens (tertiary/aromatic N) is 2. The maximum absolute atomic E-state index is 12.3. The van der Waals surface area contributed by atoms with Crippen LogP contribution in [0.4, 0.5) is 0 Å². The van der Waals surface area contributed by atoms with Crippen LogP contribution in [-0.4, -0.2) is 27.7 Å². The molecule has 0 aliphatic rings. The number of hydrogen-bond acceptors (Lipinski definition) is 7. The third kappa shape index (κ3) is 4.03. The van der Waals surface area contributed by atoms with E-state index in [-0.39, 0.29) is 0 Å². The van der Waals surface area contributed by atoms with Crippen molar-refractivity contribution in [3.05, 3.63) is 42.2 Å². The third-order valence-corrected chi connectivity index (χ3v) is 4.79. The molecule has 0 bridgehead atoms. The number of ether oxygens (including phenoxy) is 1. The van der Waals surface area contributed by atoms with E-state index >= 15 is 0 Å². The summed E-state index contributed by atoms with van der Waals surface area (Å²) in [4.78, 5) is 16.4. The van der Waals surface area contributed by atoms with Crippen molar-refractivity contribution < 1.29 is 9.53 Å². The highest BCUT2D eigenvalue weighted by Gasteiger charge is 2.37. The van der Waals surface area contributed by atoms with E-state index in [1.165, 1.54) is 17.9 Å². The number of benzene rings is 1. The first-order valence-electron chi connectivity index (χ1n) is 6.58. The van der Waals surface area contributed by atoms with Crippen LogP contribution in [0.3, 0.4) is 0 Å². The van der Waals surface area contributed by atoms with Crippen LogP contribution in [0.2, 0.25) is 0 Å². The molecule has 5 nitrogen and oxygen atoms in total. The van der Waals surface area contributed by atoms with E-state index in [0.717, 1.165) is 9.90 Å². The van der Waals surface area contributed by atoms with E-state index in [1.807, 2.05) is 30.3 Å². The zero-order chi connectivity index (χ0) is 15.1. The molecule has 0 radical (unpaired) electrons. The average molecular weight is 323 g/mol. The van der Waals surface area contributed by atoms with E-state index in [0.29, 0.717) is 18.8 Å². The maximum atomic E-state index is 12.3. The summed E-state index contributed by atoms with van der Waals surface area (Å²) in [5, 5.41) is 0. The lowest BCUT2D eigenvalue weighted by Crippen LogP contribution is -2.46. The zero-order valence-corrected chi connectivity index (χ0v) is 13.3. The molecule has 1 atom stereocenters. The minimum Gasteiger partial charge on any atom is -0.464 e. The molecule has 0 aliphatic carbocycles. The molecule has 0 amide bonds. The predicted octanol–water partition coefficient (Wildman–Crippen LogP) is 2.44. The van der Waals surface area contributed by atoms with Crippen LogP contribution in [0.1, 0.15) is 18.9 Å². The molecule has 7 heteroatoms. The van der Waals surface area contributed by atoms with Crippen LogP contribution < -0.4 is 5.73 Å². The number of carbonyl (C=O) groups is 1. The Morgan fingerprint density at radius 2 is 2.19 bits per heavy atom. The minimum absolute atomic E-state index is 0.314. The average Bonchev–Trinajstić information content (AvgIpc) is 3.01. The lowest BCUT2D eigenvalue weighted by molar-refractivity contribution is -0.150. The standard InChI is InChI=1S/C14H17N3O2S2/c1-2-19-12(18)14(15,11-6-4-3-5-7-11)8-9-20-13-16-10-17-21-13/h3-7,10H,2,8-9,15H2,1H3. The molecule has 1 aromatic heterocycles. The van der Waals surface area contributed by atoms with Crippen molar-refractivity contribution in [3.63, 3.8) is 0 Å². The van der Waals surface area contributed by atoms with Gasteiger partial charge in [0.1, 0.15) is 11.9 Å². The summed E-state index contributed by atoms with van der Waals surface area (Å²) in [6.07, 6.45) is 1.99. The number of nitrogens with two attached hydrogens (primary N) is 1. The zero-order valence-electron chi connectivity index (χ0n) is 11.7. The van der Waals surface area contributed by atoms with Crippen molar-refractivity contribution in [2.24, 2.45) is 5.73 Å². The van der Waals surface area contributed by atoms with E-state index in [1.54, 1.807) is 18.7 Å². The fourth-order valence-electron chi connectivity index (χ4n) is 1.89. The van der Waals surface area contributed by atoms with Gasteiger partial charge in [-0.15, -0.1) is 0 Å². The summed E-state index contributed by atoms with van der Waals surface area (Å²) in [6, 6.07) is 9.34. The van der Waals surface area contributed by atoms with Gasteiger partial charge in [0.25, 0.3) is 0 Å². The number of hydrogen-bond donors (Lipinski definition) is 1. The Balaban J connectivity index is 2.10. The highest BCUT2D eigenvalue weighted by Crippen LogP contribution is 2.28. The van der Waals surface area contributed by atoms with Crippen molar-refractivity contribution in [1.29, 1.82) is 0 Å². The molecule has 0 fully saturated rings. The topological polar surface area (TPSA) is 78.1 Å². The monoisotopic (exact) mass is 323 g/mol. The van der Waals surface area contributed by atoms with E-state index in [2.05, 4.69) is 9.36 Å². The Morgan fingerprint density at radius 1 is 1.43 bits per heavy atom. The first-order chi connectivity index (χ1) is 10.2. The number of carbonyl (C=O) groups excluding carboxylic acids is 1. The third-order valence-electron chi connectivity index (χ3n) is 2.99. The molecular formula is C14H17N3O2S2. The van der Waals surface area contributed by atoms with Crippen molar-refractivity contribution in [2.45, 2.75) is 23.2 Å². The molecular weight excluding hydrogens is 306 g/mol. The van der Waals surface area contributed by atoms with Gasteiger partial charge in [-0.2, -0.15) is 4.37 Å². The van der Waals surface area contributed by atoms with Gasteiger partial charge >= 0.3 is 5.97 Å². The van der Waals surface area contributed by atoms with Crippen molar-refractivity contribution in [3.8, 4) is 0 Å². The van der Waals surface area contributed by atoms with Crippen LogP contribution in [0.25, 0.3) is 0 Å². The summed E-state index contributed by atoms with van der Waals surface area (Å²) in [6.45, 7) is 2.09. The van der Waals surface area contributed by atoms with E-state index in [4.69, 9.17) is 10.5 Å². The lowest BCUT2D eigenvalue weighted by Gasteiger charge is -2.27. The number of esters is 1. The predicted molar refractivity (Wildman–Crippen MR) is 84.2 cm³/mol. The van der Waals surface area contributed by atoms with Crippen molar-refractivity contribution in [1.82, 2.24) is 9.36 Å². The van der Waals surface area contributed by atoms with Gasteiger partial charge < -0.3 is 10.5 Å². The Labute approximate surface area is 132 Å². The second kappa shape index (κ2) is 7.53. The van der Waals surface area contributed by atoms with Crippen molar-refractivity contribution in [2.75, 3.05) is 12.4 Å². The maximum Gasteiger partial charge on any atom is 0.330 e. The van der Waals surface area contributed by atoms with Gasteiger partial charge in [0.2, 0.25) is 0 Å². The number of rotatable bonds is 7. The van der Waals surface area contributed by atoms with Crippen LogP contribution in [-0.2, 0) is 15.1 Å². The van der Waals surface area contributed by atoms with Gasteiger partial charge in [0.05, 0.1) is 6.61 Å². The minimum atomic E-state index is -1.13. The highest BCUT2D eigenvalue weighted by molar-refractivity contribution is 8.00. The summed E-state index contributed by atoms with van der Waals surface area (Å²) < 4.78 is 9.97. The Bertz CT molecular complexity index is 563. The molecule has 0 spiro atoms. The molecule has 21 heavy (non-hydrogen) atoms. The van der Waals surface area contributed by atoms with Crippen LogP contribution in [0.15, 0.2) is 41.0 Å². The Kier molecular flexibility index (Phi) is 5.72. The molecule has 1 unspecified atom stereocenters. The molecule has 1 heterocycles. The smallest absolute Gasteiger partial charge is 0.330 e. The molecule has 0 aliphatic heterocycles. The van der Waals surface area contributed by atoms with Gasteiger partial charge in [-0.25, -0.2) is 9.78 Å². The largest absolute Gasteiger partial charge is 0.464 e. The van der Waals surface area contributed by atoms with Gasteiger partial charge in [-0.1, -0.05) is 42.1 Å². The summed E-state index contributed by atoms with van der Waals surface area (Å²) in [7, 11) is 0. The second-order valence-corrected chi connectivity index (χ2v) is 6.49. The van der Waals surface area contributed by atoms with Crippen molar-refractivity contribution >= 4 is 29.3 Å². The Morgan fingerprint density at radius 3 is 2.81 bits per heavy atom. The van der Waals surface area contributed by atoms with Crippen LogP contribution >= 0.6 is 23.3 Å². The Hall–Kier alpha value is -1.44. The molecule has 2 N–H and O–H groups in total. The van der Waals surface area contributed by atoms with E-state index in [9.17, 15) is 4.79 Å². The lowest BCUT2D eigenvalue weighted by atomic mass is 9.88. The molecule has 2 aromatic rings.